The van der Waals surface area contributed by atoms with E-state index in [2.05, 4.69) is 44.8 Å². The average molecular weight is 280 g/mol. The van der Waals surface area contributed by atoms with Crippen LogP contribution < -0.4 is 5.73 Å². The van der Waals surface area contributed by atoms with Crippen molar-refractivity contribution in [1.29, 1.82) is 0 Å². The van der Waals surface area contributed by atoms with Gasteiger partial charge in [0.1, 0.15) is 5.69 Å². The zero-order chi connectivity index (χ0) is 15.5. The number of carbonyl (C=O) groups excluding carboxylic acids is 1. The first-order valence-electron chi connectivity index (χ1n) is 7.20. The molecule has 5 heteroatoms. The molecule has 0 saturated carbocycles. The summed E-state index contributed by atoms with van der Waals surface area (Å²) in [5, 5.41) is 7.06. The van der Waals surface area contributed by atoms with Gasteiger partial charge in [-0.1, -0.05) is 34.6 Å². The molecule has 1 unspecified atom stereocenters. The summed E-state index contributed by atoms with van der Waals surface area (Å²) in [6.45, 7) is 11.1. The van der Waals surface area contributed by atoms with E-state index >= 15 is 0 Å². The van der Waals surface area contributed by atoms with Crippen LogP contribution in [0.4, 0.5) is 0 Å². The lowest BCUT2D eigenvalue weighted by atomic mass is 9.92. The predicted octanol–water partition coefficient (Wildman–Crippen LogP) is 2.15. The van der Waals surface area contributed by atoms with Crippen molar-refractivity contribution in [3.8, 4) is 0 Å². The molecule has 0 aromatic carbocycles. The molecule has 0 aliphatic carbocycles. The Kier molecular flexibility index (Phi) is 5.34. The van der Waals surface area contributed by atoms with Crippen LogP contribution in [0.2, 0.25) is 0 Å². The van der Waals surface area contributed by atoms with Gasteiger partial charge >= 0.3 is 0 Å². The maximum absolute atomic E-state index is 12.3. The molecule has 1 heterocycles. The van der Waals surface area contributed by atoms with E-state index in [1.54, 1.807) is 11.9 Å². The van der Waals surface area contributed by atoms with Crippen LogP contribution in [0.15, 0.2) is 6.07 Å². The molecule has 5 nitrogen and oxygen atoms in total. The van der Waals surface area contributed by atoms with Gasteiger partial charge in [-0.05, 0) is 18.4 Å². The second-order valence-corrected chi connectivity index (χ2v) is 6.84. The summed E-state index contributed by atoms with van der Waals surface area (Å²) in [7, 11) is 1.79. The first kappa shape index (κ1) is 16.7. The van der Waals surface area contributed by atoms with E-state index in [0.29, 0.717) is 18.2 Å². The van der Waals surface area contributed by atoms with E-state index in [4.69, 9.17) is 5.73 Å². The molecule has 1 atom stereocenters. The van der Waals surface area contributed by atoms with Crippen LogP contribution in [0.25, 0.3) is 0 Å². The van der Waals surface area contributed by atoms with Crippen LogP contribution in [0.5, 0.6) is 0 Å². The van der Waals surface area contributed by atoms with Gasteiger partial charge in [0.2, 0.25) is 0 Å². The first-order valence-corrected chi connectivity index (χ1v) is 7.20. The number of hydrogen-bond acceptors (Lipinski definition) is 3. The van der Waals surface area contributed by atoms with Crippen LogP contribution in [-0.4, -0.2) is 40.6 Å². The third-order valence-corrected chi connectivity index (χ3v) is 3.61. The van der Waals surface area contributed by atoms with Gasteiger partial charge in [0.05, 0.1) is 0 Å². The number of rotatable bonds is 5. The van der Waals surface area contributed by atoms with Crippen molar-refractivity contribution >= 4 is 5.91 Å². The third-order valence-electron chi connectivity index (χ3n) is 3.61. The fourth-order valence-corrected chi connectivity index (χ4v) is 1.79. The molecule has 20 heavy (non-hydrogen) atoms. The Morgan fingerprint density at radius 1 is 1.45 bits per heavy atom. The lowest BCUT2D eigenvalue weighted by molar-refractivity contribution is 0.0783. The highest BCUT2D eigenvalue weighted by atomic mass is 16.2. The number of aromatic nitrogens is 2. The van der Waals surface area contributed by atoms with E-state index in [-0.39, 0.29) is 17.4 Å². The molecule has 1 aromatic rings. The van der Waals surface area contributed by atoms with Crippen molar-refractivity contribution in [2.45, 2.75) is 52.5 Å². The Balaban J connectivity index is 2.63. The molecule has 114 valence electrons. The van der Waals surface area contributed by atoms with Crippen molar-refractivity contribution < 1.29 is 4.79 Å². The van der Waals surface area contributed by atoms with Gasteiger partial charge in [-0.2, -0.15) is 5.10 Å². The summed E-state index contributed by atoms with van der Waals surface area (Å²) in [6, 6.07) is 1.95. The summed E-state index contributed by atoms with van der Waals surface area (Å²) in [4.78, 5) is 14.0. The second-order valence-electron chi connectivity index (χ2n) is 6.84. The van der Waals surface area contributed by atoms with Gasteiger partial charge in [0.25, 0.3) is 5.91 Å². The van der Waals surface area contributed by atoms with Crippen molar-refractivity contribution in [2.24, 2.45) is 11.7 Å². The van der Waals surface area contributed by atoms with Crippen LogP contribution in [0, 0.1) is 5.92 Å². The van der Waals surface area contributed by atoms with Gasteiger partial charge in [0, 0.05) is 30.7 Å². The number of hydrogen-bond donors (Lipinski definition) is 2. The molecule has 3 N–H and O–H groups in total. The minimum Gasteiger partial charge on any atom is -0.340 e. The normalized spacial score (nSPS) is 13.6. The number of aromatic amines is 1. The third kappa shape index (κ3) is 4.34. The van der Waals surface area contributed by atoms with E-state index in [0.717, 1.165) is 12.1 Å². The van der Waals surface area contributed by atoms with E-state index in [1.165, 1.54) is 0 Å². The van der Waals surface area contributed by atoms with Crippen LogP contribution >= 0.6 is 0 Å². The summed E-state index contributed by atoms with van der Waals surface area (Å²) in [6.07, 6.45) is 0.802. The highest BCUT2D eigenvalue weighted by Gasteiger charge is 2.21. The minimum absolute atomic E-state index is 0.0376. The molecule has 0 aliphatic rings. The van der Waals surface area contributed by atoms with Crippen molar-refractivity contribution in [1.82, 2.24) is 15.1 Å². The Hall–Kier alpha value is -1.36. The number of nitrogens with one attached hydrogen (secondary N) is 1. The molecule has 0 aliphatic heterocycles. The van der Waals surface area contributed by atoms with Crippen molar-refractivity contribution in [3.63, 3.8) is 0 Å². The smallest absolute Gasteiger partial charge is 0.274 e. The Morgan fingerprint density at radius 2 is 2.05 bits per heavy atom. The van der Waals surface area contributed by atoms with E-state index in [1.807, 2.05) is 6.07 Å². The topological polar surface area (TPSA) is 75.0 Å². The Bertz CT molecular complexity index is 445. The molecule has 0 fully saturated rings. The fraction of sp³-hybridized carbons (Fsp3) is 0.733. The lowest BCUT2D eigenvalue weighted by Gasteiger charge is -2.20. The molecule has 1 amide bonds. The zero-order valence-corrected chi connectivity index (χ0v) is 13.5. The molecule has 1 aromatic heterocycles. The van der Waals surface area contributed by atoms with Crippen LogP contribution in [0.1, 0.15) is 57.2 Å². The second kappa shape index (κ2) is 6.39. The number of nitrogens with two attached hydrogens (primary N) is 1. The monoisotopic (exact) mass is 280 g/mol. The SMILES string of the molecule is CC(C)C(N)CCN(C)C(=O)c1cc(C(C)(C)C)[nH]n1. The molecule has 0 bridgehead atoms. The molecule has 0 saturated heterocycles. The molecule has 0 spiro atoms. The largest absolute Gasteiger partial charge is 0.340 e. The summed E-state index contributed by atoms with van der Waals surface area (Å²) >= 11 is 0. The maximum Gasteiger partial charge on any atom is 0.274 e. The fourth-order valence-electron chi connectivity index (χ4n) is 1.79. The van der Waals surface area contributed by atoms with E-state index in [9.17, 15) is 4.79 Å². The van der Waals surface area contributed by atoms with Gasteiger partial charge in [-0.3, -0.25) is 9.89 Å². The van der Waals surface area contributed by atoms with Gasteiger partial charge in [-0.15, -0.1) is 0 Å². The zero-order valence-electron chi connectivity index (χ0n) is 13.5. The highest BCUT2D eigenvalue weighted by molar-refractivity contribution is 5.92. The van der Waals surface area contributed by atoms with Crippen LogP contribution in [0.3, 0.4) is 0 Å². The Morgan fingerprint density at radius 3 is 2.50 bits per heavy atom. The van der Waals surface area contributed by atoms with Crippen molar-refractivity contribution in [3.05, 3.63) is 17.5 Å². The number of H-pyrrole nitrogens is 1. The first-order chi connectivity index (χ1) is 9.12. The quantitative estimate of drug-likeness (QED) is 0.868. The summed E-state index contributed by atoms with van der Waals surface area (Å²) < 4.78 is 0. The lowest BCUT2D eigenvalue weighted by Crippen LogP contribution is -2.34. The maximum atomic E-state index is 12.3. The van der Waals surface area contributed by atoms with Crippen molar-refractivity contribution in [2.75, 3.05) is 13.6 Å². The van der Waals surface area contributed by atoms with Gasteiger partial charge in [0.15, 0.2) is 0 Å². The number of nitrogens with zero attached hydrogens (tertiary/aromatic N) is 2. The predicted molar refractivity (Wildman–Crippen MR) is 81.7 cm³/mol. The Labute approximate surface area is 121 Å². The molecule has 0 radical (unpaired) electrons. The molecule has 1 rings (SSSR count). The number of amides is 1. The standard InChI is InChI=1S/C15H28N4O/c1-10(2)11(16)7-8-19(6)14(20)12-9-13(18-17-12)15(3,4)5/h9-11H,7-8,16H2,1-6H3,(H,17,18). The number of carbonyl (C=O) groups is 1. The van der Waals surface area contributed by atoms with Gasteiger partial charge in [-0.25, -0.2) is 0 Å². The highest BCUT2D eigenvalue weighted by Crippen LogP contribution is 2.20. The van der Waals surface area contributed by atoms with E-state index < -0.39 is 0 Å². The summed E-state index contributed by atoms with van der Waals surface area (Å²) in [5.74, 6) is 0.365. The molecular weight excluding hydrogens is 252 g/mol. The average Bonchev–Trinajstić information content (AvgIpc) is 2.83. The van der Waals surface area contributed by atoms with Crippen LogP contribution in [-0.2, 0) is 5.41 Å². The van der Waals surface area contributed by atoms with Gasteiger partial charge < -0.3 is 10.6 Å². The minimum atomic E-state index is -0.0623. The molecular formula is C15H28N4O. The summed E-state index contributed by atoms with van der Waals surface area (Å²) in [5.41, 5.74) is 7.40.